The number of rotatable bonds is 6. The maximum absolute atomic E-state index is 11.9. The van der Waals surface area contributed by atoms with Gasteiger partial charge in [-0.25, -0.2) is 4.98 Å². The Morgan fingerprint density at radius 3 is 2.81 bits per heavy atom. The van der Waals surface area contributed by atoms with E-state index in [0.717, 1.165) is 12.2 Å². The quantitative estimate of drug-likeness (QED) is 0.848. The Kier molecular flexibility index (Phi) is 4.94. The van der Waals surface area contributed by atoms with Crippen molar-refractivity contribution in [3.63, 3.8) is 0 Å². The lowest BCUT2D eigenvalue weighted by molar-refractivity contribution is -0.123. The smallest absolute Gasteiger partial charge is 0.258 e. The number of benzene rings is 1. The van der Waals surface area contributed by atoms with Crippen molar-refractivity contribution >= 4 is 5.91 Å². The third-order valence-corrected chi connectivity index (χ3v) is 2.95. The highest BCUT2D eigenvalue weighted by Crippen LogP contribution is 2.13. The molecule has 2 rings (SSSR count). The van der Waals surface area contributed by atoms with Gasteiger partial charge in [-0.15, -0.1) is 0 Å². The van der Waals surface area contributed by atoms with Crippen LogP contribution in [0.4, 0.5) is 0 Å². The van der Waals surface area contributed by atoms with Gasteiger partial charge in [0.25, 0.3) is 5.91 Å². The van der Waals surface area contributed by atoms with Gasteiger partial charge in [0.1, 0.15) is 11.6 Å². The lowest BCUT2D eigenvalue weighted by Gasteiger charge is -2.15. The van der Waals surface area contributed by atoms with Gasteiger partial charge in [0.15, 0.2) is 6.61 Å². The van der Waals surface area contributed by atoms with E-state index in [4.69, 9.17) is 10.00 Å². The molecule has 1 atom stereocenters. The minimum absolute atomic E-state index is 0.0802. The van der Waals surface area contributed by atoms with Crippen LogP contribution in [0.25, 0.3) is 0 Å². The molecule has 0 aliphatic rings. The summed E-state index contributed by atoms with van der Waals surface area (Å²) in [6.07, 6.45) is 4.10. The molecule has 2 aromatic rings. The summed E-state index contributed by atoms with van der Waals surface area (Å²) >= 11 is 0. The molecule has 0 aliphatic carbocycles. The molecule has 0 saturated heterocycles. The highest BCUT2D eigenvalue weighted by Gasteiger charge is 2.14. The van der Waals surface area contributed by atoms with Gasteiger partial charge in [-0.3, -0.25) is 4.79 Å². The molecule has 0 aliphatic heterocycles. The van der Waals surface area contributed by atoms with Crippen LogP contribution in [-0.4, -0.2) is 22.5 Å². The minimum Gasteiger partial charge on any atom is -0.484 e. The van der Waals surface area contributed by atoms with E-state index < -0.39 is 0 Å². The predicted molar refractivity (Wildman–Crippen MR) is 76.4 cm³/mol. The maximum atomic E-state index is 11.9. The van der Waals surface area contributed by atoms with Crippen LogP contribution in [0.15, 0.2) is 36.7 Å². The van der Waals surface area contributed by atoms with Crippen LogP contribution in [0.1, 0.15) is 30.8 Å². The minimum atomic E-state index is -0.220. The maximum Gasteiger partial charge on any atom is 0.258 e. The van der Waals surface area contributed by atoms with E-state index in [-0.39, 0.29) is 18.6 Å². The number of aromatic nitrogens is 2. The van der Waals surface area contributed by atoms with Gasteiger partial charge in [0.05, 0.1) is 17.7 Å². The second-order valence-corrected chi connectivity index (χ2v) is 4.43. The summed E-state index contributed by atoms with van der Waals surface area (Å²) in [5.41, 5.74) is 0.552. The zero-order chi connectivity index (χ0) is 15.1. The third-order valence-electron chi connectivity index (χ3n) is 2.95. The summed E-state index contributed by atoms with van der Waals surface area (Å²) in [5.74, 6) is 1.06. The number of nitrogens with one attached hydrogen (secondary N) is 2. The van der Waals surface area contributed by atoms with Crippen LogP contribution in [0.2, 0.25) is 0 Å². The molecule has 0 bridgehead atoms. The molecule has 1 aromatic heterocycles. The Hall–Kier alpha value is -2.81. The molecule has 21 heavy (non-hydrogen) atoms. The van der Waals surface area contributed by atoms with Crippen molar-refractivity contribution < 1.29 is 9.53 Å². The lowest BCUT2D eigenvalue weighted by atomic mass is 10.2. The van der Waals surface area contributed by atoms with Gasteiger partial charge >= 0.3 is 0 Å². The summed E-state index contributed by atoms with van der Waals surface area (Å²) < 4.78 is 5.38. The van der Waals surface area contributed by atoms with Crippen LogP contribution >= 0.6 is 0 Å². The van der Waals surface area contributed by atoms with Gasteiger partial charge in [-0.1, -0.05) is 6.92 Å². The van der Waals surface area contributed by atoms with Gasteiger partial charge in [0.2, 0.25) is 0 Å². The van der Waals surface area contributed by atoms with E-state index in [9.17, 15) is 4.79 Å². The fourth-order valence-corrected chi connectivity index (χ4v) is 1.84. The number of imidazole rings is 1. The highest BCUT2D eigenvalue weighted by atomic mass is 16.5. The van der Waals surface area contributed by atoms with Gasteiger partial charge in [0, 0.05) is 12.4 Å². The number of nitrogens with zero attached hydrogens (tertiary/aromatic N) is 2. The average Bonchev–Trinajstić information content (AvgIpc) is 3.05. The van der Waals surface area contributed by atoms with Crippen molar-refractivity contribution in [2.45, 2.75) is 19.4 Å². The molecule has 1 aromatic carbocycles. The second kappa shape index (κ2) is 7.10. The Morgan fingerprint density at radius 2 is 2.24 bits per heavy atom. The summed E-state index contributed by atoms with van der Waals surface area (Å²) in [6, 6.07) is 8.48. The highest BCUT2D eigenvalue weighted by molar-refractivity contribution is 5.77. The standard InChI is InChI=1S/C15H16N4O2/c1-2-13(15-17-7-8-18-15)19-14(20)10-21-12-5-3-11(9-16)4-6-12/h3-8,13H,2,10H2,1H3,(H,17,18)(H,19,20). The van der Waals surface area contributed by atoms with Crippen molar-refractivity contribution in [3.8, 4) is 11.8 Å². The molecule has 6 nitrogen and oxygen atoms in total. The van der Waals surface area contributed by atoms with Crippen LogP contribution in [-0.2, 0) is 4.79 Å². The molecule has 1 amide bonds. The Bertz CT molecular complexity index is 614. The van der Waals surface area contributed by atoms with E-state index >= 15 is 0 Å². The summed E-state index contributed by atoms with van der Waals surface area (Å²) in [7, 11) is 0. The molecule has 108 valence electrons. The van der Waals surface area contributed by atoms with Gasteiger partial charge in [-0.05, 0) is 30.7 Å². The second-order valence-electron chi connectivity index (χ2n) is 4.43. The Balaban J connectivity index is 1.85. The Labute approximate surface area is 122 Å². The molecule has 6 heteroatoms. The zero-order valence-corrected chi connectivity index (χ0v) is 11.7. The van der Waals surface area contributed by atoms with Crippen molar-refractivity contribution in [1.29, 1.82) is 5.26 Å². The number of nitriles is 1. The molecular weight excluding hydrogens is 268 g/mol. The van der Waals surface area contributed by atoms with Crippen LogP contribution in [0, 0.1) is 11.3 Å². The molecule has 1 heterocycles. The number of carbonyl (C=O) groups is 1. The molecule has 2 N–H and O–H groups in total. The summed E-state index contributed by atoms with van der Waals surface area (Å²) in [5, 5.41) is 11.6. The first-order chi connectivity index (χ1) is 10.2. The van der Waals surface area contributed by atoms with E-state index in [1.165, 1.54) is 0 Å². The number of hydrogen-bond acceptors (Lipinski definition) is 4. The molecule has 0 saturated carbocycles. The van der Waals surface area contributed by atoms with Crippen molar-refractivity contribution in [3.05, 3.63) is 48.0 Å². The number of aromatic amines is 1. The van der Waals surface area contributed by atoms with E-state index in [0.29, 0.717) is 11.3 Å². The van der Waals surface area contributed by atoms with Crippen molar-refractivity contribution in [1.82, 2.24) is 15.3 Å². The zero-order valence-electron chi connectivity index (χ0n) is 11.7. The van der Waals surface area contributed by atoms with Gasteiger partial charge < -0.3 is 15.0 Å². The summed E-state index contributed by atoms with van der Waals surface area (Å²) in [6.45, 7) is 1.89. The molecule has 1 unspecified atom stereocenters. The number of amides is 1. The van der Waals surface area contributed by atoms with E-state index in [1.54, 1.807) is 36.7 Å². The lowest BCUT2D eigenvalue weighted by Crippen LogP contribution is -2.32. The fourth-order valence-electron chi connectivity index (χ4n) is 1.84. The van der Waals surface area contributed by atoms with E-state index in [1.807, 2.05) is 13.0 Å². The topological polar surface area (TPSA) is 90.8 Å². The van der Waals surface area contributed by atoms with Crippen LogP contribution in [0.5, 0.6) is 5.75 Å². The number of hydrogen-bond donors (Lipinski definition) is 2. The number of carbonyl (C=O) groups excluding carboxylic acids is 1. The van der Waals surface area contributed by atoms with Gasteiger partial charge in [-0.2, -0.15) is 5.26 Å². The molecule has 0 radical (unpaired) electrons. The largest absolute Gasteiger partial charge is 0.484 e. The molecule has 0 spiro atoms. The normalized spacial score (nSPS) is 11.4. The average molecular weight is 284 g/mol. The molecular formula is C15H16N4O2. The summed E-state index contributed by atoms with van der Waals surface area (Å²) in [4.78, 5) is 19.0. The van der Waals surface area contributed by atoms with Crippen LogP contribution in [0.3, 0.4) is 0 Å². The monoisotopic (exact) mass is 284 g/mol. The van der Waals surface area contributed by atoms with Crippen LogP contribution < -0.4 is 10.1 Å². The first kappa shape index (κ1) is 14.6. The van der Waals surface area contributed by atoms with Crippen molar-refractivity contribution in [2.75, 3.05) is 6.61 Å². The number of ether oxygens (including phenoxy) is 1. The Morgan fingerprint density at radius 1 is 1.48 bits per heavy atom. The number of H-pyrrole nitrogens is 1. The predicted octanol–water partition coefficient (Wildman–Crippen LogP) is 1.93. The fraction of sp³-hybridized carbons (Fsp3) is 0.267. The SMILES string of the molecule is CCC(NC(=O)COc1ccc(C#N)cc1)c1ncc[nH]1. The first-order valence-corrected chi connectivity index (χ1v) is 6.64. The van der Waals surface area contributed by atoms with Crippen molar-refractivity contribution in [2.24, 2.45) is 0 Å². The third kappa shape index (κ3) is 4.08. The first-order valence-electron chi connectivity index (χ1n) is 6.64. The molecule has 0 fully saturated rings. The van der Waals surface area contributed by atoms with E-state index in [2.05, 4.69) is 15.3 Å².